The molecule has 1 aliphatic heterocycles. The maximum Gasteiger partial charge on any atom is 0.224 e. The van der Waals surface area contributed by atoms with E-state index in [4.69, 9.17) is 0 Å². The number of carbonyl (C=O) groups is 1. The first-order valence-corrected chi connectivity index (χ1v) is 7.74. The number of carbonyl (C=O) groups excluding carboxylic acids is 1. The number of rotatable bonds is 4. The maximum atomic E-state index is 12.3. The molecule has 0 radical (unpaired) electrons. The van der Waals surface area contributed by atoms with Crippen LogP contribution in [0.3, 0.4) is 0 Å². The molecule has 1 aliphatic carbocycles. The van der Waals surface area contributed by atoms with Gasteiger partial charge in [0.1, 0.15) is 0 Å². The van der Waals surface area contributed by atoms with Crippen LogP contribution >= 0.6 is 0 Å². The van der Waals surface area contributed by atoms with Crippen molar-refractivity contribution in [3.63, 3.8) is 0 Å². The van der Waals surface area contributed by atoms with E-state index in [0.717, 1.165) is 19.5 Å². The van der Waals surface area contributed by atoms with E-state index in [1.165, 1.54) is 32.1 Å². The number of nitrogens with one attached hydrogen (secondary N) is 2. The first-order valence-electron chi connectivity index (χ1n) is 7.74. The van der Waals surface area contributed by atoms with Crippen LogP contribution < -0.4 is 10.6 Å². The normalized spacial score (nSPS) is 30.5. The quantitative estimate of drug-likeness (QED) is 0.808. The lowest BCUT2D eigenvalue weighted by Gasteiger charge is -2.43. The van der Waals surface area contributed by atoms with Gasteiger partial charge in [-0.05, 0) is 46.8 Å². The number of hydrogen-bond acceptors (Lipinski definition) is 3. The van der Waals surface area contributed by atoms with E-state index in [2.05, 4.69) is 36.6 Å². The van der Waals surface area contributed by atoms with Gasteiger partial charge in [0, 0.05) is 18.1 Å². The average molecular weight is 267 g/mol. The molecule has 0 aromatic heterocycles. The van der Waals surface area contributed by atoms with Crippen LogP contribution in [0.4, 0.5) is 0 Å². The largest absolute Gasteiger partial charge is 0.354 e. The number of hydrogen-bond donors (Lipinski definition) is 2. The highest BCUT2D eigenvalue weighted by Gasteiger charge is 2.36. The Morgan fingerprint density at radius 2 is 2.00 bits per heavy atom. The SMILES string of the molecule is CC1NCCC1C(=O)NCC1(N(C)C)CCCCC1. The summed E-state index contributed by atoms with van der Waals surface area (Å²) in [6.07, 6.45) is 7.30. The highest BCUT2D eigenvalue weighted by molar-refractivity contribution is 5.79. The van der Waals surface area contributed by atoms with Crippen LogP contribution in [0.5, 0.6) is 0 Å². The third-order valence-corrected chi connectivity index (χ3v) is 5.19. The monoisotopic (exact) mass is 267 g/mol. The Labute approximate surface area is 117 Å². The topological polar surface area (TPSA) is 44.4 Å². The third kappa shape index (κ3) is 3.29. The van der Waals surface area contributed by atoms with Crippen LogP contribution in [0.2, 0.25) is 0 Å². The van der Waals surface area contributed by atoms with Gasteiger partial charge in [-0.25, -0.2) is 0 Å². The molecule has 19 heavy (non-hydrogen) atoms. The van der Waals surface area contributed by atoms with E-state index in [-0.39, 0.29) is 17.4 Å². The number of likely N-dealkylation sites (N-methyl/N-ethyl adjacent to an activating group) is 1. The van der Waals surface area contributed by atoms with E-state index in [1.54, 1.807) is 0 Å². The zero-order valence-corrected chi connectivity index (χ0v) is 12.7. The summed E-state index contributed by atoms with van der Waals surface area (Å²) in [5.41, 5.74) is 0.184. The Balaban J connectivity index is 1.90. The Bertz CT molecular complexity index is 311. The van der Waals surface area contributed by atoms with E-state index in [0.29, 0.717) is 6.04 Å². The van der Waals surface area contributed by atoms with Gasteiger partial charge in [-0.2, -0.15) is 0 Å². The molecule has 1 amide bonds. The molecule has 0 bridgehead atoms. The average Bonchev–Trinajstić information content (AvgIpc) is 2.83. The summed E-state index contributed by atoms with van der Waals surface area (Å²) in [6.45, 7) is 3.89. The molecule has 2 unspecified atom stereocenters. The van der Waals surface area contributed by atoms with Gasteiger partial charge in [0.25, 0.3) is 0 Å². The number of nitrogens with zero attached hydrogens (tertiary/aromatic N) is 1. The molecule has 2 aliphatic rings. The molecule has 1 heterocycles. The minimum Gasteiger partial charge on any atom is -0.354 e. The Kier molecular flexibility index (Phi) is 4.85. The Hall–Kier alpha value is -0.610. The van der Waals surface area contributed by atoms with Gasteiger partial charge >= 0.3 is 0 Å². The van der Waals surface area contributed by atoms with Gasteiger partial charge in [-0.1, -0.05) is 19.3 Å². The van der Waals surface area contributed by atoms with Crippen molar-refractivity contribution in [2.24, 2.45) is 5.92 Å². The third-order valence-electron chi connectivity index (χ3n) is 5.19. The summed E-state index contributed by atoms with van der Waals surface area (Å²) in [5.74, 6) is 0.395. The number of amides is 1. The minimum atomic E-state index is 0.155. The highest BCUT2D eigenvalue weighted by Crippen LogP contribution is 2.31. The fourth-order valence-corrected chi connectivity index (χ4v) is 3.59. The van der Waals surface area contributed by atoms with Crippen LogP contribution in [-0.2, 0) is 4.79 Å². The summed E-state index contributed by atoms with van der Waals surface area (Å²) >= 11 is 0. The second-order valence-corrected chi connectivity index (χ2v) is 6.54. The summed E-state index contributed by atoms with van der Waals surface area (Å²) < 4.78 is 0. The molecular formula is C15H29N3O. The molecule has 0 aromatic carbocycles. The van der Waals surface area contributed by atoms with Gasteiger partial charge in [0.05, 0.1) is 5.92 Å². The standard InChI is InChI=1S/C15H29N3O/c1-12-13(7-10-16-12)14(19)17-11-15(18(2)3)8-5-4-6-9-15/h12-13,16H,4-11H2,1-3H3,(H,17,19). The lowest BCUT2D eigenvalue weighted by atomic mass is 9.80. The molecule has 4 nitrogen and oxygen atoms in total. The van der Waals surface area contributed by atoms with Crippen LogP contribution in [0.15, 0.2) is 0 Å². The second kappa shape index (κ2) is 6.23. The smallest absolute Gasteiger partial charge is 0.224 e. The lowest BCUT2D eigenvalue weighted by molar-refractivity contribution is -0.125. The fourth-order valence-electron chi connectivity index (χ4n) is 3.59. The second-order valence-electron chi connectivity index (χ2n) is 6.54. The summed E-state index contributed by atoms with van der Waals surface area (Å²) in [5, 5.41) is 6.58. The molecule has 4 heteroatoms. The first-order chi connectivity index (χ1) is 9.05. The maximum absolute atomic E-state index is 12.3. The van der Waals surface area contributed by atoms with Gasteiger partial charge in [0.15, 0.2) is 0 Å². The van der Waals surface area contributed by atoms with Crippen molar-refractivity contribution in [1.82, 2.24) is 15.5 Å². The Morgan fingerprint density at radius 1 is 1.32 bits per heavy atom. The molecule has 2 atom stereocenters. The van der Waals surface area contributed by atoms with Gasteiger partial charge in [-0.3, -0.25) is 4.79 Å². The zero-order valence-electron chi connectivity index (χ0n) is 12.7. The minimum absolute atomic E-state index is 0.155. The van der Waals surface area contributed by atoms with Crippen molar-refractivity contribution in [2.45, 2.75) is 57.0 Å². The summed E-state index contributed by atoms with van der Waals surface area (Å²) in [4.78, 5) is 14.6. The Morgan fingerprint density at radius 3 is 2.53 bits per heavy atom. The van der Waals surface area contributed by atoms with Crippen molar-refractivity contribution in [2.75, 3.05) is 27.2 Å². The summed E-state index contributed by atoms with van der Waals surface area (Å²) in [6, 6.07) is 0.321. The van der Waals surface area contributed by atoms with Gasteiger partial charge in [-0.15, -0.1) is 0 Å². The van der Waals surface area contributed by atoms with Crippen molar-refractivity contribution < 1.29 is 4.79 Å². The zero-order chi connectivity index (χ0) is 13.9. The van der Waals surface area contributed by atoms with E-state index < -0.39 is 0 Å². The summed E-state index contributed by atoms with van der Waals surface area (Å²) in [7, 11) is 4.30. The predicted octanol–water partition coefficient (Wildman–Crippen LogP) is 1.37. The predicted molar refractivity (Wildman–Crippen MR) is 78.1 cm³/mol. The molecule has 0 aromatic rings. The van der Waals surface area contributed by atoms with Crippen LogP contribution in [0.25, 0.3) is 0 Å². The van der Waals surface area contributed by atoms with Crippen LogP contribution in [0.1, 0.15) is 45.4 Å². The van der Waals surface area contributed by atoms with E-state index in [1.807, 2.05) is 0 Å². The van der Waals surface area contributed by atoms with E-state index >= 15 is 0 Å². The van der Waals surface area contributed by atoms with Gasteiger partial charge < -0.3 is 15.5 Å². The van der Waals surface area contributed by atoms with Crippen molar-refractivity contribution in [1.29, 1.82) is 0 Å². The molecular weight excluding hydrogens is 238 g/mol. The molecule has 2 N–H and O–H groups in total. The fraction of sp³-hybridized carbons (Fsp3) is 0.933. The van der Waals surface area contributed by atoms with Crippen LogP contribution in [0, 0.1) is 5.92 Å². The van der Waals surface area contributed by atoms with Crippen molar-refractivity contribution in [3.05, 3.63) is 0 Å². The molecule has 1 saturated heterocycles. The highest BCUT2D eigenvalue weighted by atomic mass is 16.1. The van der Waals surface area contributed by atoms with E-state index in [9.17, 15) is 4.79 Å². The van der Waals surface area contributed by atoms with Gasteiger partial charge in [0.2, 0.25) is 5.91 Å². The van der Waals surface area contributed by atoms with Crippen molar-refractivity contribution >= 4 is 5.91 Å². The van der Waals surface area contributed by atoms with Crippen molar-refractivity contribution in [3.8, 4) is 0 Å². The molecule has 1 saturated carbocycles. The molecule has 0 spiro atoms. The first kappa shape index (κ1) is 14.8. The van der Waals surface area contributed by atoms with Crippen LogP contribution in [-0.4, -0.2) is 49.6 Å². The molecule has 110 valence electrons. The molecule has 2 fully saturated rings. The molecule has 2 rings (SSSR count). The lowest BCUT2D eigenvalue weighted by Crippen LogP contribution is -2.54.